The molecule has 126 valence electrons. The number of aromatic nitrogens is 3. The van der Waals surface area contributed by atoms with Gasteiger partial charge in [0.05, 0.1) is 25.6 Å². The average Bonchev–Trinajstić information content (AvgIpc) is 3.05. The largest absolute Gasteiger partial charge is 0.497 e. The summed E-state index contributed by atoms with van der Waals surface area (Å²) in [6.45, 7) is 4.65. The number of fused-ring (bicyclic) bond motifs is 1. The van der Waals surface area contributed by atoms with Gasteiger partial charge in [0.15, 0.2) is 5.65 Å². The monoisotopic (exact) mass is 326 g/mol. The van der Waals surface area contributed by atoms with Gasteiger partial charge in [-0.05, 0) is 49.8 Å². The third-order valence-electron chi connectivity index (χ3n) is 3.72. The van der Waals surface area contributed by atoms with Gasteiger partial charge in [-0.15, -0.1) is 5.10 Å². The summed E-state index contributed by atoms with van der Waals surface area (Å²) in [7, 11) is 1.66. The fourth-order valence-corrected chi connectivity index (χ4v) is 2.44. The molecule has 6 heteroatoms. The van der Waals surface area contributed by atoms with Crippen LogP contribution in [0.15, 0.2) is 42.6 Å². The molecule has 1 aromatic carbocycles. The lowest BCUT2D eigenvalue weighted by atomic mass is 10.1. The van der Waals surface area contributed by atoms with Crippen molar-refractivity contribution in [2.75, 3.05) is 26.8 Å². The van der Waals surface area contributed by atoms with Crippen molar-refractivity contribution in [1.82, 2.24) is 19.9 Å². The van der Waals surface area contributed by atoms with E-state index in [0.29, 0.717) is 12.5 Å². The second kappa shape index (κ2) is 7.79. The number of hydrogen-bond donors (Lipinski definition) is 1. The zero-order valence-corrected chi connectivity index (χ0v) is 14.0. The second-order valence-electron chi connectivity index (χ2n) is 5.37. The molecule has 0 atom stereocenters. The number of nitrogens with zero attached hydrogens (tertiary/aromatic N) is 3. The van der Waals surface area contributed by atoms with Crippen molar-refractivity contribution in [1.29, 1.82) is 0 Å². The van der Waals surface area contributed by atoms with Gasteiger partial charge in [0, 0.05) is 11.6 Å². The quantitative estimate of drug-likeness (QED) is 0.645. The fourth-order valence-electron chi connectivity index (χ4n) is 2.44. The molecular formula is C18H22N4O2. The first-order valence-electron chi connectivity index (χ1n) is 8.14. The molecule has 0 amide bonds. The Balaban J connectivity index is 1.78. The number of hydrogen-bond acceptors (Lipinski definition) is 5. The summed E-state index contributed by atoms with van der Waals surface area (Å²) in [6, 6.07) is 11.6. The first-order chi connectivity index (χ1) is 11.8. The van der Waals surface area contributed by atoms with E-state index in [9.17, 15) is 0 Å². The van der Waals surface area contributed by atoms with Crippen molar-refractivity contribution in [2.45, 2.75) is 13.3 Å². The van der Waals surface area contributed by atoms with Crippen LogP contribution in [0.1, 0.15) is 13.3 Å². The van der Waals surface area contributed by atoms with E-state index in [-0.39, 0.29) is 0 Å². The van der Waals surface area contributed by atoms with E-state index in [0.717, 1.165) is 42.2 Å². The maximum Gasteiger partial charge on any atom is 0.231 e. The van der Waals surface area contributed by atoms with Crippen LogP contribution in [0, 0.1) is 0 Å². The van der Waals surface area contributed by atoms with Crippen molar-refractivity contribution < 1.29 is 9.47 Å². The van der Waals surface area contributed by atoms with E-state index in [4.69, 9.17) is 9.47 Å². The molecule has 0 aliphatic rings. The summed E-state index contributed by atoms with van der Waals surface area (Å²) in [5, 5.41) is 7.83. The van der Waals surface area contributed by atoms with Gasteiger partial charge in [0.2, 0.25) is 5.88 Å². The number of benzene rings is 1. The summed E-state index contributed by atoms with van der Waals surface area (Å²) < 4.78 is 12.7. The molecule has 0 saturated heterocycles. The molecule has 3 aromatic rings. The van der Waals surface area contributed by atoms with Crippen LogP contribution in [-0.2, 0) is 0 Å². The smallest absolute Gasteiger partial charge is 0.231 e. The predicted octanol–water partition coefficient (Wildman–Crippen LogP) is 2.78. The van der Waals surface area contributed by atoms with Crippen molar-refractivity contribution in [3.05, 3.63) is 42.6 Å². The Kier molecular flexibility index (Phi) is 5.28. The number of ether oxygens (including phenoxy) is 2. The van der Waals surface area contributed by atoms with Gasteiger partial charge >= 0.3 is 0 Å². The lowest BCUT2D eigenvalue weighted by Crippen LogP contribution is -2.16. The Bertz CT molecular complexity index is 783. The number of imidazole rings is 1. The van der Waals surface area contributed by atoms with Gasteiger partial charge < -0.3 is 14.8 Å². The number of rotatable bonds is 8. The molecule has 2 aromatic heterocycles. The van der Waals surface area contributed by atoms with E-state index in [1.807, 2.05) is 42.6 Å². The Morgan fingerprint density at radius 2 is 1.96 bits per heavy atom. The van der Waals surface area contributed by atoms with E-state index < -0.39 is 0 Å². The molecule has 0 spiro atoms. The highest BCUT2D eigenvalue weighted by molar-refractivity contribution is 5.63. The third kappa shape index (κ3) is 3.65. The highest BCUT2D eigenvalue weighted by Crippen LogP contribution is 2.23. The molecule has 0 aliphatic carbocycles. The average molecular weight is 326 g/mol. The standard InChI is InChI=1S/C18H22N4O2/c1-3-19-11-4-12-24-18-10-9-17-20-13-16(22(17)21-18)14-5-7-15(23-2)8-6-14/h5-10,13,19H,3-4,11-12H2,1-2H3. The summed E-state index contributed by atoms with van der Waals surface area (Å²) in [5.41, 5.74) is 2.74. The van der Waals surface area contributed by atoms with E-state index in [1.54, 1.807) is 11.6 Å². The van der Waals surface area contributed by atoms with Crippen LogP contribution in [0.25, 0.3) is 16.9 Å². The molecule has 3 rings (SSSR count). The molecular weight excluding hydrogens is 304 g/mol. The first kappa shape index (κ1) is 16.3. The Morgan fingerprint density at radius 1 is 1.12 bits per heavy atom. The normalized spacial score (nSPS) is 10.9. The Morgan fingerprint density at radius 3 is 2.71 bits per heavy atom. The predicted molar refractivity (Wildman–Crippen MR) is 93.6 cm³/mol. The minimum atomic E-state index is 0.603. The summed E-state index contributed by atoms with van der Waals surface area (Å²) in [5.74, 6) is 1.43. The van der Waals surface area contributed by atoms with Crippen molar-refractivity contribution in [3.63, 3.8) is 0 Å². The van der Waals surface area contributed by atoms with Gasteiger partial charge in [0.25, 0.3) is 0 Å². The molecule has 6 nitrogen and oxygen atoms in total. The van der Waals surface area contributed by atoms with Crippen LogP contribution in [-0.4, -0.2) is 41.4 Å². The van der Waals surface area contributed by atoms with Crippen molar-refractivity contribution in [2.24, 2.45) is 0 Å². The van der Waals surface area contributed by atoms with Crippen LogP contribution >= 0.6 is 0 Å². The van der Waals surface area contributed by atoms with Crippen LogP contribution < -0.4 is 14.8 Å². The Labute approximate surface area is 141 Å². The fraction of sp³-hybridized carbons (Fsp3) is 0.333. The van der Waals surface area contributed by atoms with E-state index in [1.165, 1.54) is 0 Å². The highest BCUT2D eigenvalue weighted by atomic mass is 16.5. The van der Waals surface area contributed by atoms with Gasteiger partial charge in [-0.1, -0.05) is 6.92 Å². The van der Waals surface area contributed by atoms with E-state index >= 15 is 0 Å². The minimum Gasteiger partial charge on any atom is -0.497 e. The van der Waals surface area contributed by atoms with Crippen LogP contribution in [0.3, 0.4) is 0 Å². The molecule has 24 heavy (non-hydrogen) atoms. The molecule has 0 radical (unpaired) electrons. The van der Waals surface area contributed by atoms with Gasteiger partial charge in [0.1, 0.15) is 5.75 Å². The molecule has 0 bridgehead atoms. The van der Waals surface area contributed by atoms with Gasteiger partial charge in [-0.2, -0.15) is 0 Å². The van der Waals surface area contributed by atoms with Crippen molar-refractivity contribution in [3.8, 4) is 22.9 Å². The van der Waals surface area contributed by atoms with E-state index in [2.05, 4.69) is 22.3 Å². The molecule has 0 unspecified atom stereocenters. The zero-order chi connectivity index (χ0) is 16.8. The second-order valence-corrected chi connectivity index (χ2v) is 5.37. The van der Waals surface area contributed by atoms with Gasteiger partial charge in [-0.3, -0.25) is 0 Å². The summed E-state index contributed by atoms with van der Waals surface area (Å²) >= 11 is 0. The van der Waals surface area contributed by atoms with Gasteiger partial charge in [-0.25, -0.2) is 9.50 Å². The van der Waals surface area contributed by atoms with Crippen LogP contribution in [0.2, 0.25) is 0 Å². The molecule has 0 fully saturated rings. The highest BCUT2D eigenvalue weighted by Gasteiger charge is 2.08. The van der Waals surface area contributed by atoms with Crippen LogP contribution in [0.4, 0.5) is 0 Å². The van der Waals surface area contributed by atoms with Crippen molar-refractivity contribution >= 4 is 5.65 Å². The lowest BCUT2D eigenvalue weighted by molar-refractivity contribution is 0.293. The first-order valence-corrected chi connectivity index (χ1v) is 8.14. The maximum absolute atomic E-state index is 5.74. The number of nitrogens with one attached hydrogen (secondary N) is 1. The molecule has 2 heterocycles. The topological polar surface area (TPSA) is 60.7 Å². The Hall–Kier alpha value is -2.60. The maximum atomic E-state index is 5.74. The molecule has 0 aliphatic heterocycles. The summed E-state index contributed by atoms with van der Waals surface area (Å²) in [6.07, 6.45) is 2.77. The number of methoxy groups -OCH3 is 1. The SMILES string of the molecule is CCNCCCOc1ccc2ncc(-c3ccc(OC)cc3)n2n1. The molecule has 0 saturated carbocycles. The third-order valence-corrected chi connectivity index (χ3v) is 3.72. The molecule has 1 N–H and O–H groups in total. The summed E-state index contributed by atoms with van der Waals surface area (Å²) in [4.78, 5) is 4.40. The zero-order valence-electron chi connectivity index (χ0n) is 14.0. The lowest BCUT2D eigenvalue weighted by Gasteiger charge is -2.07. The minimum absolute atomic E-state index is 0.603. The van der Waals surface area contributed by atoms with Crippen LogP contribution in [0.5, 0.6) is 11.6 Å².